The van der Waals surface area contributed by atoms with Gasteiger partial charge in [0.1, 0.15) is 6.10 Å². The molecule has 2 aliphatic heterocycles. The van der Waals surface area contributed by atoms with Gasteiger partial charge in [-0.15, -0.1) is 0 Å². The number of hydroxylamine groups is 2. The van der Waals surface area contributed by atoms with Crippen LogP contribution in [0.1, 0.15) is 39.0 Å². The summed E-state index contributed by atoms with van der Waals surface area (Å²) in [6.07, 6.45) is 5.16. The first-order valence-corrected chi connectivity index (χ1v) is 7.98. The average molecular weight is 247 g/mol. The quantitative estimate of drug-likeness (QED) is 0.753. The van der Waals surface area contributed by atoms with Crippen molar-refractivity contribution >= 4 is 9.84 Å². The summed E-state index contributed by atoms with van der Waals surface area (Å²) in [5.74, 6) is 0.216. The van der Waals surface area contributed by atoms with Gasteiger partial charge in [0.2, 0.25) is 0 Å². The lowest BCUT2D eigenvalue weighted by atomic mass is 10.1. The molecule has 0 N–H and O–H groups in total. The van der Waals surface area contributed by atoms with E-state index in [1.807, 2.05) is 12.0 Å². The molecule has 0 amide bonds. The largest absolute Gasteiger partial charge is 0.293 e. The molecule has 2 rings (SSSR count). The Bertz CT molecular complexity index is 322. The molecule has 5 heteroatoms. The molecule has 0 aromatic rings. The standard InChI is InChI=1S/C11H21NO3S/c1-2-6-11-10(9-16(11,13)14)15-12-7-4-3-5-8-12/h10-11H,2-9H2,1H3. The smallest absolute Gasteiger partial charge is 0.158 e. The van der Waals surface area contributed by atoms with Gasteiger partial charge < -0.3 is 0 Å². The molecule has 94 valence electrons. The topological polar surface area (TPSA) is 46.6 Å². The summed E-state index contributed by atoms with van der Waals surface area (Å²) in [5, 5.41) is 1.71. The Balaban J connectivity index is 1.86. The highest BCUT2D eigenvalue weighted by Gasteiger charge is 2.47. The number of hydrogen-bond donors (Lipinski definition) is 0. The lowest BCUT2D eigenvalue weighted by molar-refractivity contribution is -0.204. The third kappa shape index (κ3) is 2.57. The molecule has 0 aliphatic carbocycles. The van der Waals surface area contributed by atoms with Crippen LogP contribution in [0.3, 0.4) is 0 Å². The molecule has 2 fully saturated rings. The molecular weight excluding hydrogens is 226 g/mol. The zero-order chi connectivity index (χ0) is 11.6. The molecule has 0 aromatic heterocycles. The molecule has 0 saturated carbocycles. The van der Waals surface area contributed by atoms with E-state index in [4.69, 9.17) is 4.84 Å². The number of hydrogen-bond acceptors (Lipinski definition) is 4. The second-order valence-electron chi connectivity index (χ2n) is 4.79. The number of rotatable bonds is 4. The third-order valence-corrected chi connectivity index (χ3v) is 5.70. The van der Waals surface area contributed by atoms with Crippen LogP contribution in [0, 0.1) is 0 Å². The Morgan fingerprint density at radius 2 is 1.94 bits per heavy atom. The number of nitrogens with zero attached hydrogens (tertiary/aromatic N) is 1. The lowest BCUT2D eigenvalue weighted by Crippen LogP contribution is -2.55. The van der Waals surface area contributed by atoms with E-state index >= 15 is 0 Å². The van der Waals surface area contributed by atoms with E-state index in [1.165, 1.54) is 6.42 Å². The van der Waals surface area contributed by atoms with Crippen LogP contribution >= 0.6 is 0 Å². The summed E-state index contributed by atoms with van der Waals surface area (Å²) in [7, 11) is -2.84. The Hall–Kier alpha value is -0.130. The van der Waals surface area contributed by atoms with Crippen molar-refractivity contribution in [1.29, 1.82) is 0 Å². The minimum absolute atomic E-state index is 0.0805. The molecule has 0 aromatic carbocycles. The molecule has 2 aliphatic rings. The van der Waals surface area contributed by atoms with Crippen molar-refractivity contribution in [3.8, 4) is 0 Å². The summed E-state index contributed by atoms with van der Waals surface area (Å²) in [4.78, 5) is 5.78. The second-order valence-corrected chi connectivity index (χ2v) is 7.05. The van der Waals surface area contributed by atoms with E-state index in [0.717, 1.165) is 38.8 Å². The van der Waals surface area contributed by atoms with Gasteiger partial charge in [-0.1, -0.05) is 19.8 Å². The molecular formula is C11H21NO3S. The highest BCUT2D eigenvalue weighted by atomic mass is 32.2. The first-order valence-electron chi connectivity index (χ1n) is 6.27. The normalized spacial score (nSPS) is 34.6. The Labute approximate surface area is 97.8 Å². The van der Waals surface area contributed by atoms with Gasteiger partial charge in [-0.3, -0.25) is 4.84 Å². The average Bonchev–Trinajstić information content (AvgIpc) is 2.26. The van der Waals surface area contributed by atoms with Crippen LogP contribution in [0.5, 0.6) is 0 Å². The van der Waals surface area contributed by atoms with Crippen LogP contribution in [0.4, 0.5) is 0 Å². The Kier molecular flexibility index (Phi) is 3.87. The van der Waals surface area contributed by atoms with Gasteiger partial charge in [-0.25, -0.2) is 8.42 Å². The van der Waals surface area contributed by atoms with Crippen LogP contribution < -0.4 is 0 Å². The van der Waals surface area contributed by atoms with Crippen molar-refractivity contribution in [2.45, 2.75) is 50.4 Å². The minimum atomic E-state index is -2.84. The SMILES string of the molecule is CCCC1C(ON2CCCCC2)CS1(=O)=O. The Morgan fingerprint density at radius 1 is 1.25 bits per heavy atom. The van der Waals surface area contributed by atoms with Crippen molar-refractivity contribution in [3.05, 3.63) is 0 Å². The van der Waals surface area contributed by atoms with Crippen molar-refractivity contribution in [2.24, 2.45) is 0 Å². The third-order valence-electron chi connectivity index (χ3n) is 3.45. The maximum Gasteiger partial charge on any atom is 0.158 e. The van der Waals surface area contributed by atoms with Gasteiger partial charge in [0.25, 0.3) is 0 Å². The van der Waals surface area contributed by atoms with Gasteiger partial charge in [-0.05, 0) is 19.3 Å². The van der Waals surface area contributed by atoms with Gasteiger partial charge in [-0.2, -0.15) is 5.06 Å². The molecule has 0 spiro atoms. The molecule has 16 heavy (non-hydrogen) atoms. The molecule has 0 bridgehead atoms. The van der Waals surface area contributed by atoms with Gasteiger partial charge in [0.15, 0.2) is 9.84 Å². The monoisotopic (exact) mass is 247 g/mol. The molecule has 2 unspecified atom stereocenters. The molecule has 2 atom stereocenters. The highest BCUT2D eigenvalue weighted by molar-refractivity contribution is 7.93. The summed E-state index contributed by atoms with van der Waals surface area (Å²) in [6.45, 7) is 3.93. The van der Waals surface area contributed by atoms with Crippen LogP contribution in [0.2, 0.25) is 0 Å². The Morgan fingerprint density at radius 3 is 2.50 bits per heavy atom. The predicted molar refractivity (Wildman–Crippen MR) is 62.8 cm³/mol. The van der Waals surface area contributed by atoms with E-state index in [-0.39, 0.29) is 17.1 Å². The lowest BCUT2D eigenvalue weighted by Gasteiger charge is -2.39. The van der Waals surface area contributed by atoms with Crippen molar-refractivity contribution in [1.82, 2.24) is 5.06 Å². The fourth-order valence-electron chi connectivity index (χ4n) is 2.48. The predicted octanol–water partition coefficient (Wildman–Crippen LogP) is 1.37. The first-order chi connectivity index (χ1) is 7.63. The van der Waals surface area contributed by atoms with Crippen LogP contribution in [0.25, 0.3) is 0 Å². The second kappa shape index (κ2) is 5.02. The molecule has 2 heterocycles. The maximum atomic E-state index is 11.6. The van der Waals surface area contributed by atoms with E-state index in [0.29, 0.717) is 0 Å². The first kappa shape index (κ1) is 12.3. The fourth-order valence-corrected chi connectivity index (χ4v) is 4.32. The van der Waals surface area contributed by atoms with Crippen LogP contribution in [-0.4, -0.2) is 43.7 Å². The van der Waals surface area contributed by atoms with Crippen LogP contribution in [0.15, 0.2) is 0 Å². The van der Waals surface area contributed by atoms with E-state index in [9.17, 15) is 8.42 Å². The molecule has 4 nitrogen and oxygen atoms in total. The summed E-state index contributed by atoms with van der Waals surface area (Å²) in [6, 6.07) is 0. The highest BCUT2D eigenvalue weighted by Crippen LogP contribution is 2.29. The summed E-state index contributed by atoms with van der Waals surface area (Å²) < 4.78 is 23.1. The zero-order valence-electron chi connectivity index (χ0n) is 9.89. The minimum Gasteiger partial charge on any atom is -0.293 e. The van der Waals surface area contributed by atoms with Crippen LogP contribution in [-0.2, 0) is 14.7 Å². The number of sulfone groups is 1. The van der Waals surface area contributed by atoms with E-state index < -0.39 is 9.84 Å². The van der Waals surface area contributed by atoms with Gasteiger partial charge >= 0.3 is 0 Å². The molecule has 2 saturated heterocycles. The maximum absolute atomic E-state index is 11.6. The summed E-state index contributed by atoms with van der Waals surface area (Å²) in [5.41, 5.74) is 0. The number of piperidine rings is 1. The van der Waals surface area contributed by atoms with Gasteiger partial charge in [0, 0.05) is 13.1 Å². The van der Waals surface area contributed by atoms with Crippen molar-refractivity contribution < 1.29 is 13.3 Å². The van der Waals surface area contributed by atoms with Crippen molar-refractivity contribution in [3.63, 3.8) is 0 Å². The van der Waals surface area contributed by atoms with Crippen molar-refractivity contribution in [2.75, 3.05) is 18.8 Å². The van der Waals surface area contributed by atoms with E-state index in [2.05, 4.69) is 0 Å². The van der Waals surface area contributed by atoms with Gasteiger partial charge in [0.05, 0.1) is 11.0 Å². The summed E-state index contributed by atoms with van der Waals surface area (Å²) >= 11 is 0. The van der Waals surface area contributed by atoms with E-state index in [1.54, 1.807) is 0 Å². The molecule has 0 radical (unpaired) electrons. The zero-order valence-corrected chi connectivity index (χ0v) is 10.7. The fraction of sp³-hybridized carbons (Fsp3) is 1.00.